The fourth-order valence-electron chi connectivity index (χ4n) is 3.67. The number of benzene rings is 3. The zero-order valence-corrected chi connectivity index (χ0v) is 18.7. The summed E-state index contributed by atoms with van der Waals surface area (Å²) in [6, 6.07) is 14.5. The average molecular weight is 487 g/mol. The van der Waals surface area contributed by atoms with E-state index in [0.717, 1.165) is 17.7 Å². The number of nitro groups is 1. The first-order valence-electron chi connectivity index (χ1n) is 10.5. The number of amides is 2. The summed E-state index contributed by atoms with van der Waals surface area (Å²) in [5.41, 5.74) is 3.30. The number of esters is 1. The number of carbonyl (C=O) groups excluding carboxylic acids is 5. The molecule has 0 heterocycles. The Kier molecular flexibility index (Phi) is 6.38. The third-order valence-electron chi connectivity index (χ3n) is 5.43. The SMILES string of the molecule is Cc1ccc(C(=O)NNC(=O)COC(=O)c2ccc3c(c2[N+](=O)[O-])C(=O)c2ccccc2C3=O)cc1. The maximum atomic E-state index is 13.0. The number of rotatable bonds is 5. The number of hydrogen-bond acceptors (Lipinski definition) is 8. The number of nitrogens with zero attached hydrogens (tertiary/aromatic N) is 1. The summed E-state index contributed by atoms with van der Waals surface area (Å²) in [7, 11) is 0. The van der Waals surface area contributed by atoms with E-state index in [-0.39, 0.29) is 22.3 Å². The van der Waals surface area contributed by atoms with E-state index in [2.05, 4.69) is 10.9 Å². The zero-order chi connectivity index (χ0) is 26.0. The van der Waals surface area contributed by atoms with Crippen molar-refractivity contribution < 1.29 is 33.6 Å². The van der Waals surface area contributed by atoms with Crippen molar-refractivity contribution in [1.29, 1.82) is 0 Å². The monoisotopic (exact) mass is 487 g/mol. The van der Waals surface area contributed by atoms with E-state index in [9.17, 15) is 34.1 Å². The predicted molar refractivity (Wildman–Crippen MR) is 123 cm³/mol. The first-order valence-corrected chi connectivity index (χ1v) is 10.5. The number of hydrogen-bond donors (Lipinski definition) is 2. The quantitative estimate of drug-likeness (QED) is 0.246. The lowest BCUT2D eigenvalue weighted by Crippen LogP contribution is -2.43. The smallest absolute Gasteiger partial charge is 0.345 e. The summed E-state index contributed by atoms with van der Waals surface area (Å²) in [5.74, 6) is -4.15. The molecule has 0 aliphatic heterocycles. The highest BCUT2D eigenvalue weighted by molar-refractivity contribution is 6.30. The van der Waals surface area contributed by atoms with Gasteiger partial charge in [-0.15, -0.1) is 0 Å². The summed E-state index contributed by atoms with van der Waals surface area (Å²) in [5, 5.41) is 11.8. The van der Waals surface area contributed by atoms with Crippen molar-refractivity contribution in [3.63, 3.8) is 0 Å². The van der Waals surface area contributed by atoms with Crippen LogP contribution in [0.25, 0.3) is 0 Å². The van der Waals surface area contributed by atoms with Gasteiger partial charge in [0.15, 0.2) is 12.4 Å². The Morgan fingerprint density at radius 1 is 0.861 bits per heavy atom. The Hall–Kier alpha value is -5.19. The molecule has 180 valence electrons. The van der Waals surface area contributed by atoms with E-state index < -0.39 is 57.7 Å². The molecule has 3 aromatic rings. The molecule has 0 saturated heterocycles. The lowest BCUT2D eigenvalue weighted by molar-refractivity contribution is -0.385. The first kappa shape index (κ1) is 24.0. The van der Waals surface area contributed by atoms with Crippen LogP contribution in [0.15, 0.2) is 60.7 Å². The second-order valence-electron chi connectivity index (χ2n) is 7.79. The van der Waals surface area contributed by atoms with Gasteiger partial charge < -0.3 is 4.74 Å². The van der Waals surface area contributed by atoms with Crippen LogP contribution < -0.4 is 10.9 Å². The molecule has 36 heavy (non-hydrogen) atoms. The molecule has 2 N–H and O–H groups in total. The van der Waals surface area contributed by atoms with Crippen LogP contribution >= 0.6 is 0 Å². The third kappa shape index (κ3) is 4.44. The highest BCUT2D eigenvalue weighted by Crippen LogP contribution is 2.35. The normalized spacial score (nSPS) is 11.7. The number of fused-ring (bicyclic) bond motifs is 2. The van der Waals surface area contributed by atoms with Crippen molar-refractivity contribution in [1.82, 2.24) is 10.9 Å². The molecule has 4 rings (SSSR count). The summed E-state index contributed by atoms with van der Waals surface area (Å²) < 4.78 is 4.85. The van der Waals surface area contributed by atoms with Gasteiger partial charge in [-0.3, -0.25) is 40.1 Å². The number of aryl methyl sites for hydroxylation is 1. The summed E-state index contributed by atoms with van der Waals surface area (Å²) >= 11 is 0. The lowest BCUT2D eigenvalue weighted by atomic mass is 9.82. The van der Waals surface area contributed by atoms with Crippen molar-refractivity contribution in [3.05, 3.63) is 110 Å². The molecule has 0 unspecified atom stereocenters. The maximum absolute atomic E-state index is 13.0. The Balaban J connectivity index is 1.49. The summed E-state index contributed by atoms with van der Waals surface area (Å²) in [6.45, 7) is 0.967. The van der Waals surface area contributed by atoms with E-state index >= 15 is 0 Å². The van der Waals surface area contributed by atoms with Gasteiger partial charge in [-0.2, -0.15) is 0 Å². The largest absolute Gasteiger partial charge is 0.452 e. The molecule has 1 aliphatic rings. The third-order valence-corrected chi connectivity index (χ3v) is 5.43. The molecule has 0 bridgehead atoms. The van der Waals surface area contributed by atoms with Crippen LogP contribution in [-0.2, 0) is 9.53 Å². The van der Waals surface area contributed by atoms with Gasteiger partial charge >= 0.3 is 5.97 Å². The Bertz CT molecular complexity index is 1460. The lowest BCUT2D eigenvalue weighted by Gasteiger charge is -2.18. The molecular weight excluding hydrogens is 470 g/mol. The van der Waals surface area contributed by atoms with Crippen LogP contribution in [0.4, 0.5) is 5.69 Å². The Morgan fingerprint density at radius 2 is 1.50 bits per heavy atom. The molecule has 11 heteroatoms. The highest BCUT2D eigenvalue weighted by Gasteiger charge is 2.39. The van der Waals surface area contributed by atoms with Crippen LogP contribution in [0.2, 0.25) is 0 Å². The number of nitro benzene ring substituents is 1. The minimum atomic E-state index is -1.26. The van der Waals surface area contributed by atoms with Crippen molar-refractivity contribution in [2.45, 2.75) is 6.92 Å². The van der Waals surface area contributed by atoms with E-state index in [1.54, 1.807) is 30.3 Å². The predicted octanol–water partition coefficient (Wildman–Crippen LogP) is 2.30. The summed E-state index contributed by atoms with van der Waals surface area (Å²) in [6.07, 6.45) is 0. The van der Waals surface area contributed by atoms with E-state index in [1.807, 2.05) is 6.92 Å². The van der Waals surface area contributed by atoms with Crippen LogP contribution in [0.5, 0.6) is 0 Å². The minimum absolute atomic E-state index is 0.0210. The van der Waals surface area contributed by atoms with Crippen LogP contribution in [0, 0.1) is 17.0 Å². The summed E-state index contributed by atoms with van der Waals surface area (Å²) in [4.78, 5) is 73.3. The van der Waals surface area contributed by atoms with Crippen LogP contribution in [0.1, 0.15) is 58.1 Å². The molecule has 0 fully saturated rings. The van der Waals surface area contributed by atoms with Gasteiger partial charge in [0.25, 0.3) is 17.5 Å². The molecule has 0 radical (unpaired) electrons. The van der Waals surface area contributed by atoms with Crippen molar-refractivity contribution in [2.24, 2.45) is 0 Å². The van der Waals surface area contributed by atoms with Gasteiger partial charge in [0.05, 0.1) is 4.92 Å². The molecule has 0 aromatic heterocycles. The fourth-order valence-corrected chi connectivity index (χ4v) is 3.67. The molecule has 0 atom stereocenters. The zero-order valence-electron chi connectivity index (χ0n) is 18.7. The fraction of sp³-hybridized carbons (Fsp3) is 0.0800. The molecule has 1 aliphatic carbocycles. The van der Waals surface area contributed by atoms with Gasteiger partial charge in [0.1, 0.15) is 11.1 Å². The van der Waals surface area contributed by atoms with Crippen molar-refractivity contribution in [3.8, 4) is 0 Å². The van der Waals surface area contributed by atoms with Gasteiger partial charge in [0, 0.05) is 22.3 Å². The molecule has 3 aromatic carbocycles. The second kappa shape index (κ2) is 9.58. The van der Waals surface area contributed by atoms with Gasteiger partial charge in [-0.25, -0.2) is 4.79 Å². The highest BCUT2D eigenvalue weighted by atomic mass is 16.6. The molecule has 2 amide bonds. The number of carbonyl (C=O) groups is 5. The van der Waals surface area contributed by atoms with Crippen molar-refractivity contribution in [2.75, 3.05) is 6.61 Å². The van der Waals surface area contributed by atoms with Crippen LogP contribution in [0.3, 0.4) is 0 Å². The van der Waals surface area contributed by atoms with Gasteiger partial charge in [0.2, 0.25) is 5.78 Å². The van der Waals surface area contributed by atoms with E-state index in [0.29, 0.717) is 0 Å². The maximum Gasteiger partial charge on any atom is 0.345 e. The van der Waals surface area contributed by atoms with Gasteiger partial charge in [-0.1, -0.05) is 42.0 Å². The van der Waals surface area contributed by atoms with Gasteiger partial charge in [-0.05, 0) is 31.2 Å². The minimum Gasteiger partial charge on any atom is -0.452 e. The van der Waals surface area contributed by atoms with E-state index in [4.69, 9.17) is 4.74 Å². The van der Waals surface area contributed by atoms with E-state index in [1.165, 1.54) is 18.2 Å². The average Bonchev–Trinajstić information content (AvgIpc) is 2.88. The Morgan fingerprint density at radius 3 is 2.14 bits per heavy atom. The molecular formula is C25H17N3O8. The second-order valence-corrected chi connectivity index (χ2v) is 7.79. The number of hydrazine groups is 1. The standard InChI is InChI=1S/C25H17N3O8/c1-13-6-8-14(9-7-13)24(32)27-26-19(29)12-36-25(33)18-11-10-17-20(21(18)28(34)35)23(31)16-5-3-2-4-15(16)22(17)30/h2-11H,12H2,1H3,(H,26,29)(H,27,32). The first-order chi connectivity index (χ1) is 17.2. The molecule has 11 nitrogen and oxygen atoms in total. The van der Waals surface area contributed by atoms with Crippen molar-refractivity contribution >= 4 is 35.0 Å². The van der Waals surface area contributed by atoms with Crippen LogP contribution in [-0.4, -0.2) is 40.9 Å². The number of ether oxygens (including phenoxy) is 1. The Labute approximate surface area is 203 Å². The molecule has 0 spiro atoms. The topological polar surface area (TPSA) is 162 Å². The number of ketones is 2. The molecule has 0 saturated carbocycles. The number of nitrogens with one attached hydrogen (secondary N) is 2.